The van der Waals surface area contributed by atoms with E-state index < -0.39 is 11.8 Å². The number of nitrogens with zero attached hydrogens (tertiary/aromatic N) is 1. The van der Waals surface area contributed by atoms with Crippen molar-refractivity contribution in [3.8, 4) is 0 Å². The zero-order valence-electron chi connectivity index (χ0n) is 13.1. The van der Waals surface area contributed by atoms with Crippen LogP contribution in [-0.4, -0.2) is 32.1 Å². The molecular weight excluding hydrogens is 333 g/mol. The maximum absolute atomic E-state index is 13.5. The molecule has 1 aliphatic rings. The number of ether oxygens (including phenoxy) is 2. The van der Waals surface area contributed by atoms with Crippen molar-refractivity contribution in [1.82, 2.24) is 0 Å². The molecule has 5 nitrogen and oxygen atoms in total. The van der Waals surface area contributed by atoms with E-state index in [9.17, 15) is 14.0 Å². The number of halogens is 1. The summed E-state index contributed by atoms with van der Waals surface area (Å²) in [5, 5.41) is 0. The van der Waals surface area contributed by atoms with Gasteiger partial charge in [-0.25, -0.2) is 4.39 Å². The van der Waals surface area contributed by atoms with Crippen LogP contribution in [0, 0.1) is 5.82 Å². The molecule has 1 aromatic heterocycles. The van der Waals surface area contributed by atoms with E-state index in [4.69, 9.17) is 4.74 Å². The Labute approximate surface area is 142 Å². The Morgan fingerprint density at radius 2 is 2.21 bits per heavy atom. The number of thiophene rings is 1. The second-order valence-electron chi connectivity index (χ2n) is 5.31. The van der Waals surface area contributed by atoms with Crippen LogP contribution in [0.4, 0.5) is 10.1 Å². The number of esters is 1. The first-order valence-electron chi connectivity index (χ1n) is 7.42. The van der Waals surface area contributed by atoms with Crippen LogP contribution in [0.3, 0.4) is 0 Å². The summed E-state index contributed by atoms with van der Waals surface area (Å²) in [6.45, 7) is 0.838. The number of hydrogen-bond acceptors (Lipinski definition) is 5. The summed E-state index contributed by atoms with van der Waals surface area (Å²) in [5.74, 6) is -1.41. The van der Waals surface area contributed by atoms with Gasteiger partial charge in [-0.2, -0.15) is 0 Å². The highest BCUT2D eigenvalue weighted by Gasteiger charge is 2.25. The minimum absolute atomic E-state index is 0.280. The first-order chi connectivity index (χ1) is 11.6. The fraction of sp³-hybridized carbons (Fsp3) is 0.294. The molecule has 7 heteroatoms. The van der Waals surface area contributed by atoms with Crippen molar-refractivity contribution in [1.29, 1.82) is 0 Å². The van der Waals surface area contributed by atoms with Crippen LogP contribution >= 0.6 is 11.3 Å². The molecule has 2 heterocycles. The lowest BCUT2D eigenvalue weighted by Crippen LogP contribution is -2.36. The van der Waals surface area contributed by atoms with E-state index in [1.54, 1.807) is 12.1 Å². The molecular formula is C17H16FNO4S. The van der Waals surface area contributed by atoms with Crippen molar-refractivity contribution in [3.63, 3.8) is 0 Å². The van der Waals surface area contributed by atoms with E-state index in [2.05, 4.69) is 4.74 Å². The number of hydrogen-bond donors (Lipinski definition) is 0. The van der Waals surface area contributed by atoms with Crippen molar-refractivity contribution >= 4 is 28.9 Å². The molecule has 1 aromatic carbocycles. The summed E-state index contributed by atoms with van der Waals surface area (Å²) in [5.41, 5.74) is 1.31. The van der Waals surface area contributed by atoms with Crippen molar-refractivity contribution in [3.05, 3.63) is 51.5 Å². The van der Waals surface area contributed by atoms with E-state index in [-0.39, 0.29) is 12.5 Å². The van der Waals surface area contributed by atoms with Gasteiger partial charge in [0, 0.05) is 17.0 Å². The topological polar surface area (TPSA) is 55.8 Å². The number of fused-ring (bicyclic) bond motifs is 1. The summed E-state index contributed by atoms with van der Waals surface area (Å²) in [7, 11) is 1.25. The monoisotopic (exact) mass is 349 g/mol. The maximum atomic E-state index is 13.5. The first kappa shape index (κ1) is 16.6. The second kappa shape index (κ2) is 7.11. The van der Waals surface area contributed by atoms with E-state index in [1.807, 2.05) is 0 Å². The molecule has 0 radical (unpaired) electrons. The van der Waals surface area contributed by atoms with Crippen molar-refractivity contribution in [2.45, 2.75) is 13.0 Å². The third kappa shape index (κ3) is 3.47. The van der Waals surface area contributed by atoms with E-state index in [1.165, 1.54) is 41.5 Å². The van der Waals surface area contributed by atoms with Crippen molar-refractivity contribution in [2.75, 3.05) is 25.2 Å². The van der Waals surface area contributed by atoms with Crippen molar-refractivity contribution < 1.29 is 23.5 Å². The van der Waals surface area contributed by atoms with Crippen LogP contribution in [0.2, 0.25) is 0 Å². The van der Waals surface area contributed by atoms with Crippen LogP contribution in [0.25, 0.3) is 0 Å². The van der Waals surface area contributed by atoms with Gasteiger partial charge in [0.15, 0.2) is 0 Å². The van der Waals surface area contributed by atoms with Gasteiger partial charge in [0.2, 0.25) is 0 Å². The van der Waals surface area contributed by atoms with Gasteiger partial charge < -0.3 is 9.47 Å². The lowest BCUT2D eigenvalue weighted by Gasteiger charge is -2.21. The normalized spacial score (nSPS) is 13.2. The van der Waals surface area contributed by atoms with Crippen LogP contribution in [-0.2, 0) is 27.3 Å². The average molecular weight is 349 g/mol. The number of anilines is 1. The predicted molar refractivity (Wildman–Crippen MR) is 87.8 cm³/mol. The molecule has 0 aliphatic carbocycles. The molecule has 0 atom stereocenters. The van der Waals surface area contributed by atoms with Gasteiger partial charge in [0.1, 0.15) is 12.4 Å². The van der Waals surface area contributed by atoms with E-state index in [0.29, 0.717) is 23.8 Å². The average Bonchev–Trinajstić information content (AvgIpc) is 3.03. The smallest absolute Gasteiger partial charge is 0.325 e. The fourth-order valence-corrected chi connectivity index (χ4v) is 3.60. The molecule has 0 saturated heterocycles. The molecule has 1 aliphatic heterocycles. The molecule has 24 heavy (non-hydrogen) atoms. The first-order valence-corrected chi connectivity index (χ1v) is 8.23. The Morgan fingerprint density at radius 3 is 2.92 bits per heavy atom. The number of methoxy groups -OCH3 is 1. The predicted octanol–water partition coefficient (Wildman–Crippen LogP) is 2.78. The zero-order valence-corrected chi connectivity index (χ0v) is 13.9. The largest absolute Gasteiger partial charge is 0.468 e. The number of carbonyl (C=O) groups is 2. The van der Waals surface area contributed by atoms with Gasteiger partial charge in [0.25, 0.3) is 5.91 Å². The molecule has 0 unspecified atom stereocenters. The third-order valence-corrected chi connectivity index (χ3v) is 4.94. The summed E-state index contributed by atoms with van der Waals surface area (Å²) < 4.78 is 23.6. The molecule has 3 rings (SSSR count). The SMILES string of the molecule is COC(=O)CN(C(=O)c1cc2c(s1)CCOC2)c1cccc(F)c1. The molecule has 0 spiro atoms. The highest BCUT2D eigenvalue weighted by atomic mass is 32.1. The molecule has 2 aromatic rings. The number of carbonyl (C=O) groups excluding carboxylic acids is 2. The van der Waals surface area contributed by atoms with Crippen LogP contribution < -0.4 is 4.90 Å². The third-order valence-electron chi connectivity index (χ3n) is 3.72. The highest BCUT2D eigenvalue weighted by Crippen LogP contribution is 2.29. The van der Waals surface area contributed by atoms with E-state index in [0.717, 1.165) is 16.9 Å². The second-order valence-corrected chi connectivity index (χ2v) is 6.45. The van der Waals surface area contributed by atoms with Crippen molar-refractivity contribution in [2.24, 2.45) is 0 Å². The van der Waals surface area contributed by atoms with Gasteiger partial charge in [0.05, 0.1) is 25.2 Å². The quantitative estimate of drug-likeness (QED) is 0.797. The Bertz CT molecular complexity index is 750. The maximum Gasteiger partial charge on any atom is 0.325 e. The van der Waals surface area contributed by atoms with Gasteiger partial charge in [-0.15, -0.1) is 11.3 Å². The van der Waals surface area contributed by atoms with Crippen LogP contribution in [0.1, 0.15) is 20.1 Å². The molecule has 0 fully saturated rings. The lowest BCUT2D eigenvalue weighted by atomic mass is 10.2. The number of rotatable bonds is 4. The summed E-state index contributed by atoms with van der Waals surface area (Å²) >= 11 is 1.39. The molecule has 0 bridgehead atoms. The Morgan fingerprint density at radius 1 is 1.38 bits per heavy atom. The Hall–Kier alpha value is -2.25. The van der Waals surface area contributed by atoms with Gasteiger partial charge in [-0.1, -0.05) is 6.07 Å². The van der Waals surface area contributed by atoms with Crippen LogP contribution in [0.5, 0.6) is 0 Å². The summed E-state index contributed by atoms with van der Waals surface area (Å²) in [4.78, 5) is 27.4. The number of benzene rings is 1. The molecule has 0 saturated carbocycles. The number of amides is 1. The standard InChI is InChI=1S/C17H16FNO4S/c1-22-16(20)9-19(13-4-2-3-12(18)8-13)17(21)15-7-11-10-23-6-5-14(11)24-15/h2-4,7-8H,5-6,9-10H2,1H3. The fourth-order valence-electron chi connectivity index (χ4n) is 2.50. The Balaban J connectivity index is 1.93. The van der Waals surface area contributed by atoms with E-state index >= 15 is 0 Å². The lowest BCUT2D eigenvalue weighted by molar-refractivity contribution is -0.138. The van der Waals surface area contributed by atoms with Crippen LogP contribution in [0.15, 0.2) is 30.3 Å². The van der Waals surface area contributed by atoms with Gasteiger partial charge in [-0.3, -0.25) is 14.5 Å². The highest BCUT2D eigenvalue weighted by molar-refractivity contribution is 7.14. The van der Waals surface area contributed by atoms with Gasteiger partial charge >= 0.3 is 5.97 Å². The molecule has 126 valence electrons. The molecule has 0 N–H and O–H groups in total. The Kier molecular flexibility index (Phi) is 4.92. The minimum Gasteiger partial charge on any atom is -0.468 e. The summed E-state index contributed by atoms with van der Waals surface area (Å²) in [6, 6.07) is 7.37. The zero-order chi connectivity index (χ0) is 17.1. The van der Waals surface area contributed by atoms with Gasteiger partial charge in [-0.05, 0) is 29.8 Å². The molecule has 1 amide bonds. The summed E-state index contributed by atoms with van der Waals surface area (Å²) in [6.07, 6.45) is 0.768. The minimum atomic E-state index is -0.572.